The fourth-order valence-corrected chi connectivity index (χ4v) is 4.28. The molecule has 1 aliphatic rings. The highest BCUT2D eigenvalue weighted by Gasteiger charge is 2.20. The molecule has 0 spiro atoms. The zero-order valence-corrected chi connectivity index (χ0v) is 17.7. The third kappa shape index (κ3) is 5.27. The van der Waals surface area contributed by atoms with E-state index in [1.165, 1.54) is 26.4 Å². The van der Waals surface area contributed by atoms with Crippen molar-refractivity contribution in [3.05, 3.63) is 30.1 Å². The van der Waals surface area contributed by atoms with Crippen molar-refractivity contribution in [1.29, 1.82) is 0 Å². The highest BCUT2D eigenvalue weighted by molar-refractivity contribution is 7.89. The normalized spacial score (nSPS) is 14.1. The maximum absolute atomic E-state index is 12.6. The van der Waals surface area contributed by atoms with Gasteiger partial charge in [0.15, 0.2) is 0 Å². The summed E-state index contributed by atoms with van der Waals surface area (Å²) in [6, 6.07) is 6.32. The van der Waals surface area contributed by atoms with Crippen LogP contribution >= 0.6 is 0 Å². The molecule has 1 N–H and O–H groups in total. The van der Waals surface area contributed by atoms with Gasteiger partial charge in [-0.25, -0.2) is 18.1 Å². The number of benzene rings is 1. The van der Waals surface area contributed by atoms with Gasteiger partial charge < -0.3 is 19.1 Å². The fourth-order valence-electron chi connectivity index (χ4n) is 3.11. The Bertz CT molecular complexity index is 946. The van der Waals surface area contributed by atoms with Crippen LogP contribution in [0.3, 0.4) is 0 Å². The minimum atomic E-state index is -3.76. The van der Waals surface area contributed by atoms with Gasteiger partial charge in [-0.1, -0.05) is 0 Å². The first kappa shape index (κ1) is 21.1. The van der Waals surface area contributed by atoms with Gasteiger partial charge in [-0.15, -0.1) is 0 Å². The number of methoxy groups -OCH3 is 2. The summed E-state index contributed by atoms with van der Waals surface area (Å²) >= 11 is 0. The van der Waals surface area contributed by atoms with Gasteiger partial charge in [-0.2, -0.15) is 4.98 Å². The average molecular weight is 423 g/mol. The van der Waals surface area contributed by atoms with Crippen molar-refractivity contribution >= 4 is 15.8 Å². The Hall–Kier alpha value is -2.59. The molecule has 3 rings (SSSR count). The molecule has 1 aliphatic heterocycles. The van der Waals surface area contributed by atoms with Crippen molar-refractivity contribution in [2.75, 3.05) is 45.4 Å². The largest absolute Gasteiger partial charge is 0.497 e. The monoisotopic (exact) mass is 422 g/mol. The number of sulfonamides is 1. The fraction of sp³-hybridized carbons (Fsp3) is 0.474. The standard InChI is InChI=1S/C19H26N4O5S/c1-14-21-18(23-9-4-5-10-23)13-19(22-14)28-11-8-20-29(24,25)17-7-6-15(26-2)12-16(17)27-3/h6-7,12-13,20H,4-5,8-11H2,1-3H3. The molecule has 158 valence electrons. The number of anilines is 1. The van der Waals surface area contributed by atoms with E-state index in [2.05, 4.69) is 19.6 Å². The Morgan fingerprint density at radius 3 is 2.55 bits per heavy atom. The third-order valence-electron chi connectivity index (χ3n) is 4.54. The Morgan fingerprint density at radius 2 is 1.86 bits per heavy atom. The zero-order valence-electron chi connectivity index (χ0n) is 16.8. The maximum atomic E-state index is 12.6. The van der Waals surface area contributed by atoms with Crippen LogP contribution in [0.15, 0.2) is 29.2 Å². The van der Waals surface area contributed by atoms with Gasteiger partial charge in [0.2, 0.25) is 15.9 Å². The van der Waals surface area contributed by atoms with E-state index in [9.17, 15) is 8.42 Å². The predicted octanol–water partition coefficient (Wildman–Crippen LogP) is 1.76. The summed E-state index contributed by atoms with van der Waals surface area (Å²) in [6.45, 7) is 3.97. The number of nitrogens with zero attached hydrogens (tertiary/aromatic N) is 3. The minimum Gasteiger partial charge on any atom is -0.497 e. The van der Waals surface area contributed by atoms with Crippen LogP contribution in [-0.2, 0) is 10.0 Å². The molecule has 29 heavy (non-hydrogen) atoms. The van der Waals surface area contributed by atoms with E-state index in [0.717, 1.165) is 31.7 Å². The second kappa shape index (κ2) is 9.27. The van der Waals surface area contributed by atoms with Crippen molar-refractivity contribution < 1.29 is 22.6 Å². The van der Waals surface area contributed by atoms with Crippen LogP contribution in [0.4, 0.5) is 5.82 Å². The van der Waals surface area contributed by atoms with Gasteiger partial charge in [-0.3, -0.25) is 0 Å². The number of nitrogens with one attached hydrogen (secondary N) is 1. The molecule has 0 aliphatic carbocycles. The highest BCUT2D eigenvalue weighted by Crippen LogP contribution is 2.28. The van der Waals surface area contributed by atoms with Gasteiger partial charge >= 0.3 is 0 Å². The molecule has 1 fully saturated rings. The lowest BCUT2D eigenvalue weighted by Crippen LogP contribution is -2.28. The first-order valence-electron chi connectivity index (χ1n) is 9.38. The molecule has 0 saturated carbocycles. The number of ether oxygens (including phenoxy) is 3. The Balaban J connectivity index is 1.60. The van der Waals surface area contributed by atoms with Gasteiger partial charge in [0.1, 0.15) is 34.6 Å². The quantitative estimate of drug-likeness (QED) is 0.610. The van der Waals surface area contributed by atoms with E-state index in [4.69, 9.17) is 14.2 Å². The second-order valence-electron chi connectivity index (χ2n) is 6.57. The van der Waals surface area contributed by atoms with Gasteiger partial charge in [0, 0.05) is 31.8 Å². The molecule has 0 amide bonds. The van der Waals surface area contributed by atoms with Crippen LogP contribution in [0.5, 0.6) is 17.4 Å². The summed E-state index contributed by atoms with van der Waals surface area (Å²) in [5, 5.41) is 0. The van der Waals surface area contributed by atoms with E-state index in [1.807, 2.05) is 6.92 Å². The molecule has 0 unspecified atom stereocenters. The summed E-state index contributed by atoms with van der Waals surface area (Å²) < 4.78 is 43.6. The second-order valence-corrected chi connectivity index (χ2v) is 8.30. The summed E-state index contributed by atoms with van der Waals surface area (Å²) in [5.74, 6) is 2.61. The Kier molecular flexibility index (Phi) is 6.75. The highest BCUT2D eigenvalue weighted by atomic mass is 32.2. The number of aryl methyl sites for hydroxylation is 1. The van der Waals surface area contributed by atoms with Crippen LogP contribution < -0.4 is 23.8 Å². The van der Waals surface area contributed by atoms with Crippen LogP contribution in [0.2, 0.25) is 0 Å². The Labute approximate surface area is 171 Å². The van der Waals surface area contributed by atoms with Crippen molar-refractivity contribution in [1.82, 2.24) is 14.7 Å². The molecule has 9 nitrogen and oxygen atoms in total. The molecular formula is C19H26N4O5S. The first-order valence-corrected chi connectivity index (χ1v) is 10.9. The van der Waals surface area contributed by atoms with E-state index >= 15 is 0 Å². The number of rotatable bonds is 9. The van der Waals surface area contributed by atoms with Crippen LogP contribution in [-0.4, -0.2) is 58.8 Å². The van der Waals surface area contributed by atoms with Crippen LogP contribution in [0.25, 0.3) is 0 Å². The Morgan fingerprint density at radius 1 is 1.10 bits per heavy atom. The molecule has 1 aromatic heterocycles. The van der Waals surface area contributed by atoms with E-state index in [-0.39, 0.29) is 23.8 Å². The number of aromatic nitrogens is 2. The molecule has 10 heteroatoms. The molecule has 2 heterocycles. The smallest absolute Gasteiger partial charge is 0.244 e. The van der Waals surface area contributed by atoms with E-state index in [1.54, 1.807) is 12.1 Å². The first-order chi connectivity index (χ1) is 13.9. The molecule has 1 saturated heterocycles. The van der Waals surface area contributed by atoms with Crippen molar-refractivity contribution in [3.63, 3.8) is 0 Å². The predicted molar refractivity (Wildman–Crippen MR) is 108 cm³/mol. The molecule has 0 bridgehead atoms. The van der Waals surface area contributed by atoms with Crippen molar-refractivity contribution in [2.45, 2.75) is 24.7 Å². The third-order valence-corrected chi connectivity index (χ3v) is 6.04. The van der Waals surface area contributed by atoms with Crippen LogP contribution in [0.1, 0.15) is 18.7 Å². The van der Waals surface area contributed by atoms with Gasteiger partial charge in [0.25, 0.3) is 0 Å². The summed E-state index contributed by atoms with van der Waals surface area (Å²) in [4.78, 5) is 11.0. The van der Waals surface area contributed by atoms with Crippen LogP contribution in [0, 0.1) is 6.92 Å². The number of hydrogen-bond acceptors (Lipinski definition) is 8. The maximum Gasteiger partial charge on any atom is 0.244 e. The van der Waals surface area contributed by atoms with Crippen molar-refractivity contribution in [3.8, 4) is 17.4 Å². The molecular weight excluding hydrogens is 396 g/mol. The molecule has 0 atom stereocenters. The lowest BCUT2D eigenvalue weighted by atomic mass is 10.3. The minimum absolute atomic E-state index is 0.0370. The molecule has 0 radical (unpaired) electrons. The zero-order chi connectivity index (χ0) is 20.9. The topological polar surface area (TPSA) is 103 Å². The molecule has 1 aromatic carbocycles. The van der Waals surface area contributed by atoms with E-state index in [0.29, 0.717) is 17.5 Å². The summed E-state index contributed by atoms with van der Waals surface area (Å²) in [6.07, 6.45) is 2.30. The number of hydrogen-bond donors (Lipinski definition) is 1. The summed E-state index contributed by atoms with van der Waals surface area (Å²) in [5.41, 5.74) is 0. The molecule has 2 aromatic rings. The lowest BCUT2D eigenvalue weighted by molar-refractivity contribution is 0.309. The average Bonchev–Trinajstić information content (AvgIpc) is 3.25. The van der Waals surface area contributed by atoms with Gasteiger partial charge in [0.05, 0.1) is 14.2 Å². The lowest BCUT2D eigenvalue weighted by Gasteiger charge is -2.17. The van der Waals surface area contributed by atoms with Crippen molar-refractivity contribution in [2.24, 2.45) is 0 Å². The SMILES string of the molecule is COc1ccc(S(=O)(=O)NCCOc2cc(N3CCCC3)nc(C)n2)c(OC)c1. The summed E-state index contributed by atoms with van der Waals surface area (Å²) in [7, 11) is -0.852. The van der Waals surface area contributed by atoms with E-state index < -0.39 is 10.0 Å². The van der Waals surface area contributed by atoms with Gasteiger partial charge in [-0.05, 0) is 31.9 Å².